The number of unbranched alkanes of at least 4 members (excludes halogenated alkanes) is 2. The van der Waals surface area contributed by atoms with E-state index in [1.807, 2.05) is 7.05 Å². The van der Waals surface area contributed by atoms with E-state index in [0.29, 0.717) is 18.2 Å². The molecule has 0 unspecified atom stereocenters. The minimum absolute atomic E-state index is 0.558. The van der Waals surface area contributed by atoms with Gasteiger partial charge in [0, 0.05) is 18.2 Å². The van der Waals surface area contributed by atoms with Crippen LogP contribution in [0.3, 0.4) is 0 Å². The zero-order valence-electron chi connectivity index (χ0n) is 14.8. The second-order valence-electron chi connectivity index (χ2n) is 5.68. The fourth-order valence-corrected chi connectivity index (χ4v) is 2.02. The van der Waals surface area contributed by atoms with Crippen LogP contribution in [0.5, 0.6) is 0 Å². The van der Waals surface area contributed by atoms with Crippen LogP contribution in [-0.2, 0) is 22.4 Å². The third kappa shape index (κ3) is 12.4. The van der Waals surface area contributed by atoms with E-state index in [1.165, 1.54) is 36.8 Å². The number of hydrogen-bond donors (Lipinski definition) is 3. The molecule has 0 bridgehead atoms. The first kappa shape index (κ1) is 21.9. The summed E-state index contributed by atoms with van der Waals surface area (Å²) in [7, 11) is 2.02. The summed E-state index contributed by atoms with van der Waals surface area (Å²) in [6.07, 6.45) is 7.44. The van der Waals surface area contributed by atoms with Crippen molar-refractivity contribution in [2.45, 2.75) is 52.0 Å². The first-order valence-electron chi connectivity index (χ1n) is 8.28. The second-order valence-corrected chi connectivity index (χ2v) is 5.68. The van der Waals surface area contributed by atoms with Crippen molar-refractivity contribution >= 4 is 11.9 Å². The first-order chi connectivity index (χ1) is 11.4. The molecule has 5 heteroatoms. The van der Waals surface area contributed by atoms with E-state index < -0.39 is 11.9 Å². The average Bonchev–Trinajstić information content (AvgIpc) is 2.55. The van der Waals surface area contributed by atoms with Gasteiger partial charge in [0.1, 0.15) is 0 Å². The topological polar surface area (TPSA) is 86.6 Å². The summed E-state index contributed by atoms with van der Waals surface area (Å²) in [4.78, 5) is 19.1. The monoisotopic (exact) mass is 335 g/mol. The normalized spacial score (nSPS) is 11.6. The fraction of sp³-hybridized carbons (Fsp3) is 0.474. The lowest BCUT2D eigenvalue weighted by Crippen LogP contribution is -2.23. The molecule has 0 radical (unpaired) electrons. The van der Waals surface area contributed by atoms with Gasteiger partial charge in [-0.1, -0.05) is 44.0 Å². The van der Waals surface area contributed by atoms with Crippen molar-refractivity contribution in [3.63, 3.8) is 0 Å². The van der Waals surface area contributed by atoms with Crippen LogP contribution in [0.1, 0.15) is 44.2 Å². The highest BCUT2D eigenvalue weighted by Crippen LogP contribution is 2.10. The van der Waals surface area contributed by atoms with Crippen molar-refractivity contribution in [2.24, 2.45) is 0 Å². The Kier molecular flexibility index (Phi) is 12.1. The van der Waals surface area contributed by atoms with Crippen LogP contribution in [0.2, 0.25) is 0 Å². The number of nitrogens with one attached hydrogen (secondary N) is 1. The lowest BCUT2D eigenvalue weighted by molar-refractivity contribution is -0.134. The summed E-state index contributed by atoms with van der Waals surface area (Å²) < 4.78 is 0. The van der Waals surface area contributed by atoms with E-state index >= 15 is 0 Å². The maximum Gasteiger partial charge on any atom is 0.328 e. The van der Waals surface area contributed by atoms with E-state index in [0.717, 1.165) is 6.42 Å². The van der Waals surface area contributed by atoms with Gasteiger partial charge < -0.3 is 15.5 Å². The number of likely N-dealkylation sites (N-methyl/N-ethyl adjacent to an activating group) is 1. The molecular weight excluding hydrogens is 306 g/mol. The Hall–Kier alpha value is -2.14. The van der Waals surface area contributed by atoms with Crippen LogP contribution in [0, 0.1) is 0 Å². The predicted molar refractivity (Wildman–Crippen MR) is 96.3 cm³/mol. The molecule has 0 saturated carbocycles. The molecule has 0 aliphatic rings. The molecule has 0 aromatic heterocycles. The Labute approximate surface area is 144 Å². The highest BCUT2D eigenvalue weighted by Gasteiger charge is 2.00. The van der Waals surface area contributed by atoms with Gasteiger partial charge in [-0.3, -0.25) is 0 Å². The number of aliphatic carboxylic acids is 2. The molecule has 0 aliphatic carbocycles. The molecule has 0 heterocycles. The van der Waals surface area contributed by atoms with Gasteiger partial charge in [0.2, 0.25) is 0 Å². The Morgan fingerprint density at radius 3 is 1.96 bits per heavy atom. The van der Waals surface area contributed by atoms with Gasteiger partial charge in [-0.05, 0) is 44.4 Å². The van der Waals surface area contributed by atoms with E-state index in [1.54, 1.807) is 0 Å². The molecule has 0 spiro atoms. The Morgan fingerprint density at radius 1 is 1.04 bits per heavy atom. The summed E-state index contributed by atoms with van der Waals surface area (Å²) in [5.74, 6) is -2.51. The summed E-state index contributed by atoms with van der Waals surface area (Å²) in [6, 6.07) is 9.68. The summed E-state index contributed by atoms with van der Waals surface area (Å²) in [6.45, 7) is 4.47. The molecule has 1 atom stereocenters. The van der Waals surface area contributed by atoms with Gasteiger partial charge in [-0.25, -0.2) is 9.59 Å². The fourth-order valence-electron chi connectivity index (χ4n) is 2.02. The number of rotatable bonds is 9. The molecule has 3 N–H and O–H groups in total. The van der Waals surface area contributed by atoms with Crippen LogP contribution in [0.4, 0.5) is 0 Å². The van der Waals surface area contributed by atoms with Crippen molar-refractivity contribution in [1.82, 2.24) is 5.32 Å². The van der Waals surface area contributed by atoms with Crippen LogP contribution in [-0.4, -0.2) is 35.2 Å². The standard InChI is InChI=1S/C15H25N.C4H4O4/c1-4-5-6-7-14-8-10-15(11-9-14)12-13(2)16-3;5-3(6)1-2-4(7)8/h8-11,13,16H,4-7,12H2,1-3H3;1-2H,(H,5,6)(H,7,8)/b;2-1+/t13-;/m0./s1. The van der Waals surface area contributed by atoms with Crippen LogP contribution < -0.4 is 5.32 Å². The van der Waals surface area contributed by atoms with Crippen LogP contribution in [0.25, 0.3) is 0 Å². The highest BCUT2D eigenvalue weighted by atomic mass is 16.4. The minimum atomic E-state index is -1.26. The first-order valence-corrected chi connectivity index (χ1v) is 8.28. The summed E-state index contributed by atoms with van der Waals surface area (Å²) in [5, 5.41) is 18.9. The molecule has 1 rings (SSSR count). The molecule has 0 fully saturated rings. The molecule has 0 amide bonds. The van der Waals surface area contributed by atoms with Crippen molar-refractivity contribution in [3.8, 4) is 0 Å². The van der Waals surface area contributed by atoms with Crippen molar-refractivity contribution < 1.29 is 19.8 Å². The molecule has 5 nitrogen and oxygen atoms in total. The molecule has 0 aliphatic heterocycles. The lowest BCUT2D eigenvalue weighted by atomic mass is 10.0. The molecule has 134 valence electrons. The molecule has 24 heavy (non-hydrogen) atoms. The van der Waals surface area contributed by atoms with Gasteiger partial charge in [-0.15, -0.1) is 0 Å². The van der Waals surface area contributed by atoms with Gasteiger partial charge in [-0.2, -0.15) is 0 Å². The maximum atomic E-state index is 9.55. The van der Waals surface area contributed by atoms with E-state index in [-0.39, 0.29) is 0 Å². The number of benzene rings is 1. The quantitative estimate of drug-likeness (QED) is 0.476. The highest BCUT2D eigenvalue weighted by molar-refractivity contribution is 5.89. The van der Waals surface area contributed by atoms with Gasteiger partial charge in [0.05, 0.1) is 0 Å². The van der Waals surface area contributed by atoms with Gasteiger partial charge in [0.25, 0.3) is 0 Å². The van der Waals surface area contributed by atoms with Crippen molar-refractivity contribution in [2.75, 3.05) is 7.05 Å². The maximum absolute atomic E-state index is 9.55. The molecule has 0 saturated heterocycles. The predicted octanol–water partition coefficient (Wildman–Crippen LogP) is 3.28. The van der Waals surface area contributed by atoms with Gasteiger partial charge in [0.15, 0.2) is 0 Å². The van der Waals surface area contributed by atoms with Crippen LogP contribution >= 0.6 is 0 Å². The number of aryl methyl sites for hydroxylation is 1. The second kappa shape index (κ2) is 13.3. The van der Waals surface area contributed by atoms with E-state index in [4.69, 9.17) is 10.2 Å². The smallest absolute Gasteiger partial charge is 0.328 e. The zero-order valence-corrected chi connectivity index (χ0v) is 14.8. The SMILES string of the molecule is CCCCCc1ccc(C[C@H](C)NC)cc1.O=C(O)/C=C/C(=O)O. The largest absolute Gasteiger partial charge is 0.478 e. The summed E-state index contributed by atoms with van der Waals surface area (Å²) >= 11 is 0. The van der Waals surface area contributed by atoms with Crippen molar-refractivity contribution in [3.05, 3.63) is 47.5 Å². The molecular formula is C19H29NO4. The number of hydrogen-bond acceptors (Lipinski definition) is 3. The lowest BCUT2D eigenvalue weighted by Gasteiger charge is -2.10. The molecule has 1 aromatic carbocycles. The minimum Gasteiger partial charge on any atom is -0.478 e. The van der Waals surface area contributed by atoms with Gasteiger partial charge >= 0.3 is 11.9 Å². The van der Waals surface area contributed by atoms with Crippen molar-refractivity contribution in [1.29, 1.82) is 0 Å². The zero-order chi connectivity index (χ0) is 18.4. The van der Waals surface area contributed by atoms with E-state index in [9.17, 15) is 9.59 Å². The van der Waals surface area contributed by atoms with Crippen LogP contribution in [0.15, 0.2) is 36.4 Å². The number of carbonyl (C=O) groups is 2. The third-order valence-electron chi connectivity index (χ3n) is 3.50. The Morgan fingerprint density at radius 2 is 1.54 bits per heavy atom. The number of carboxylic acid groups (broad SMARTS) is 2. The number of carboxylic acids is 2. The Balaban J connectivity index is 0.000000561. The molecule has 1 aromatic rings. The Bertz CT molecular complexity index is 493. The third-order valence-corrected chi connectivity index (χ3v) is 3.50. The average molecular weight is 335 g/mol. The summed E-state index contributed by atoms with van der Waals surface area (Å²) in [5.41, 5.74) is 2.91. The van der Waals surface area contributed by atoms with E-state index in [2.05, 4.69) is 43.4 Å².